The molecule has 3 aromatic rings. The average Bonchev–Trinajstić information content (AvgIpc) is 2.85. The van der Waals surface area contributed by atoms with Crippen LogP contribution in [0.25, 0.3) is 0 Å². The molecule has 0 aromatic heterocycles. The molecule has 6 heteroatoms. The van der Waals surface area contributed by atoms with Crippen molar-refractivity contribution in [1.29, 1.82) is 0 Å². The Labute approximate surface area is 205 Å². The highest BCUT2D eigenvalue weighted by atomic mass is 32.2. The van der Waals surface area contributed by atoms with E-state index in [9.17, 15) is 17.8 Å². The second-order valence-electron chi connectivity index (χ2n) is 10.3. The molecule has 0 radical (unpaired) electrons. The highest BCUT2D eigenvalue weighted by Crippen LogP contribution is 2.64. The Morgan fingerprint density at radius 1 is 0.886 bits per heavy atom. The summed E-state index contributed by atoms with van der Waals surface area (Å²) in [5, 5.41) is 0. The zero-order valence-electron chi connectivity index (χ0n) is 19.8. The third-order valence-electron chi connectivity index (χ3n) is 8.70. The van der Waals surface area contributed by atoms with Crippen molar-refractivity contribution in [2.75, 3.05) is 0 Å². The molecule has 4 aliphatic rings. The van der Waals surface area contributed by atoms with E-state index in [0.717, 1.165) is 18.4 Å². The van der Waals surface area contributed by atoms with Crippen molar-refractivity contribution < 1.29 is 22.5 Å². The molecule has 0 saturated heterocycles. The molecule has 0 amide bonds. The SMILES string of the molecule is CC1C2c3ccccc3C(c3ccccc32)C1(C)C(=O)Oc1ccc(S(=O)(=O)O)c2c1CCCC2. The number of esters is 1. The summed E-state index contributed by atoms with van der Waals surface area (Å²) in [6.45, 7) is 4.16. The molecular weight excluding hydrogens is 460 g/mol. The Kier molecular flexibility index (Phi) is 5.00. The van der Waals surface area contributed by atoms with Gasteiger partial charge in [0.2, 0.25) is 0 Å². The summed E-state index contributed by atoms with van der Waals surface area (Å²) in [5.41, 5.74) is 5.42. The van der Waals surface area contributed by atoms with Crippen LogP contribution in [0.1, 0.15) is 71.9 Å². The second kappa shape index (κ2) is 7.77. The summed E-state index contributed by atoms with van der Waals surface area (Å²) in [4.78, 5) is 14.0. The van der Waals surface area contributed by atoms with Crippen molar-refractivity contribution in [2.45, 2.75) is 56.3 Å². The minimum Gasteiger partial charge on any atom is -0.426 e. The third-order valence-corrected chi connectivity index (χ3v) is 9.64. The molecule has 2 atom stereocenters. The van der Waals surface area contributed by atoms with Crippen LogP contribution in [0.5, 0.6) is 5.75 Å². The molecular formula is C29H28O5S. The van der Waals surface area contributed by atoms with E-state index >= 15 is 0 Å². The van der Waals surface area contributed by atoms with Gasteiger partial charge in [0.05, 0.1) is 10.3 Å². The van der Waals surface area contributed by atoms with E-state index in [-0.39, 0.29) is 28.6 Å². The minimum atomic E-state index is -4.35. The highest BCUT2D eigenvalue weighted by molar-refractivity contribution is 7.85. The smallest absolute Gasteiger partial charge is 0.318 e. The maximum atomic E-state index is 14.1. The van der Waals surface area contributed by atoms with Gasteiger partial charge in [-0.05, 0) is 84.0 Å². The average molecular weight is 489 g/mol. The van der Waals surface area contributed by atoms with Gasteiger partial charge in [0.15, 0.2) is 0 Å². The Morgan fingerprint density at radius 3 is 2.00 bits per heavy atom. The van der Waals surface area contributed by atoms with Crippen LogP contribution in [0.3, 0.4) is 0 Å². The van der Waals surface area contributed by atoms with Gasteiger partial charge in [0, 0.05) is 11.8 Å². The standard InChI is InChI=1S/C29H28O5S/c1-17-26-20-11-5-7-13-22(20)27(23-14-8-6-12-21(23)26)29(17,2)28(30)34-24-15-16-25(35(31,32)33)19-10-4-3-9-18(19)24/h5-8,11-17,26-27H,3-4,9-10H2,1-2H3,(H,31,32,33). The molecule has 0 fully saturated rings. The fraction of sp³-hybridized carbons (Fsp3) is 0.345. The lowest BCUT2D eigenvalue weighted by atomic mass is 9.48. The fourth-order valence-corrected chi connectivity index (χ4v) is 7.67. The van der Waals surface area contributed by atoms with Crippen LogP contribution >= 0.6 is 0 Å². The monoisotopic (exact) mass is 488 g/mol. The summed E-state index contributed by atoms with van der Waals surface area (Å²) in [5.74, 6) is 0.0961. The van der Waals surface area contributed by atoms with E-state index in [1.54, 1.807) is 0 Å². The third kappa shape index (κ3) is 3.16. The highest BCUT2D eigenvalue weighted by Gasteiger charge is 2.59. The number of rotatable bonds is 3. The Balaban J connectivity index is 1.46. The summed E-state index contributed by atoms with van der Waals surface area (Å²) < 4.78 is 39.8. The van der Waals surface area contributed by atoms with Gasteiger partial charge in [-0.3, -0.25) is 9.35 Å². The van der Waals surface area contributed by atoms with E-state index in [1.807, 2.05) is 19.1 Å². The first-order valence-electron chi connectivity index (χ1n) is 12.2. The summed E-state index contributed by atoms with van der Waals surface area (Å²) in [7, 11) is -4.35. The molecule has 5 nitrogen and oxygen atoms in total. The Hall–Kier alpha value is -2.96. The number of fused-ring (bicyclic) bond motifs is 2. The lowest BCUT2D eigenvalue weighted by Crippen LogP contribution is -2.52. The number of carbonyl (C=O) groups excluding carboxylic acids is 1. The van der Waals surface area contributed by atoms with Crippen LogP contribution in [0.4, 0.5) is 0 Å². The first kappa shape index (κ1) is 22.5. The number of benzene rings is 3. The molecule has 180 valence electrons. The molecule has 0 aliphatic heterocycles. The number of hydrogen-bond donors (Lipinski definition) is 1. The topological polar surface area (TPSA) is 80.7 Å². The molecule has 7 rings (SSSR count). The zero-order chi connectivity index (χ0) is 24.5. The van der Waals surface area contributed by atoms with Crippen molar-refractivity contribution in [1.82, 2.24) is 0 Å². The largest absolute Gasteiger partial charge is 0.426 e. The van der Waals surface area contributed by atoms with Crippen LogP contribution in [0, 0.1) is 11.3 Å². The fourth-order valence-electron chi connectivity index (χ4n) is 6.90. The van der Waals surface area contributed by atoms with Crippen LogP contribution in [-0.2, 0) is 27.8 Å². The normalized spacial score (nSPS) is 26.4. The van der Waals surface area contributed by atoms with E-state index in [2.05, 4.69) is 43.3 Å². The van der Waals surface area contributed by atoms with Crippen molar-refractivity contribution in [3.63, 3.8) is 0 Å². The van der Waals surface area contributed by atoms with Gasteiger partial charge in [-0.25, -0.2) is 0 Å². The quantitative estimate of drug-likeness (QED) is 0.293. The minimum absolute atomic E-state index is 0.0118. The Bertz CT molecular complexity index is 1430. The van der Waals surface area contributed by atoms with Crippen molar-refractivity contribution >= 4 is 16.1 Å². The van der Waals surface area contributed by atoms with Crippen molar-refractivity contribution in [3.05, 3.63) is 94.0 Å². The van der Waals surface area contributed by atoms with Crippen molar-refractivity contribution in [3.8, 4) is 5.75 Å². The molecule has 4 aliphatic carbocycles. The predicted molar refractivity (Wildman–Crippen MR) is 132 cm³/mol. The van der Waals surface area contributed by atoms with E-state index in [0.29, 0.717) is 24.2 Å². The molecule has 35 heavy (non-hydrogen) atoms. The van der Waals surface area contributed by atoms with E-state index in [1.165, 1.54) is 34.4 Å². The Morgan fingerprint density at radius 2 is 1.43 bits per heavy atom. The summed E-state index contributed by atoms with van der Waals surface area (Å²) in [6.07, 6.45) is 2.87. The van der Waals surface area contributed by atoms with Gasteiger partial charge in [-0.15, -0.1) is 0 Å². The molecule has 0 saturated carbocycles. The van der Waals surface area contributed by atoms with Gasteiger partial charge >= 0.3 is 5.97 Å². The van der Waals surface area contributed by atoms with E-state index in [4.69, 9.17) is 4.74 Å². The molecule has 0 heterocycles. The van der Waals surface area contributed by atoms with Gasteiger partial charge < -0.3 is 4.74 Å². The summed E-state index contributed by atoms with van der Waals surface area (Å²) in [6, 6.07) is 19.7. The molecule has 1 N–H and O–H groups in total. The van der Waals surface area contributed by atoms with Crippen LogP contribution in [-0.4, -0.2) is 18.9 Å². The second-order valence-corrected chi connectivity index (χ2v) is 11.7. The maximum absolute atomic E-state index is 14.1. The molecule has 0 spiro atoms. The van der Waals surface area contributed by atoms with Crippen LogP contribution in [0.2, 0.25) is 0 Å². The maximum Gasteiger partial charge on any atom is 0.318 e. The summed E-state index contributed by atoms with van der Waals surface area (Å²) >= 11 is 0. The van der Waals surface area contributed by atoms with Gasteiger partial charge in [0.1, 0.15) is 5.75 Å². The lowest BCUT2D eigenvalue weighted by Gasteiger charge is -2.54. The predicted octanol–water partition coefficient (Wildman–Crippen LogP) is 5.65. The first-order valence-corrected chi connectivity index (χ1v) is 13.7. The number of carbonyl (C=O) groups is 1. The first-order chi connectivity index (χ1) is 16.7. The van der Waals surface area contributed by atoms with Gasteiger partial charge in [0.25, 0.3) is 10.1 Å². The van der Waals surface area contributed by atoms with Crippen molar-refractivity contribution in [2.24, 2.45) is 11.3 Å². The molecule has 2 unspecified atom stereocenters. The van der Waals surface area contributed by atoms with Gasteiger partial charge in [-0.2, -0.15) is 8.42 Å². The van der Waals surface area contributed by atoms with Gasteiger partial charge in [-0.1, -0.05) is 55.5 Å². The molecule has 2 bridgehead atoms. The van der Waals surface area contributed by atoms with Crippen LogP contribution < -0.4 is 4.74 Å². The molecule has 3 aromatic carbocycles. The number of hydrogen-bond acceptors (Lipinski definition) is 4. The van der Waals surface area contributed by atoms with Crippen LogP contribution in [0.15, 0.2) is 65.6 Å². The zero-order valence-corrected chi connectivity index (χ0v) is 20.6. The number of ether oxygens (including phenoxy) is 1. The van der Waals surface area contributed by atoms with E-state index < -0.39 is 15.5 Å². The lowest BCUT2D eigenvalue weighted by molar-refractivity contribution is -0.150.